The molecule has 0 radical (unpaired) electrons. The summed E-state index contributed by atoms with van der Waals surface area (Å²) in [5.74, 6) is 0.161. The van der Waals surface area contributed by atoms with E-state index in [1.54, 1.807) is 12.1 Å². The number of rotatable bonds is 7. The highest BCUT2D eigenvalue weighted by molar-refractivity contribution is 7.15. The number of Topliss-reactive ketones (excluding diaryl/α,β-unsaturated/α-hetero) is 1. The summed E-state index contributed by atoms with van der Waals surface area (Å²) in [5, 5.41) is 11.8. The first-order chi connectivity index (χ1) is 11.0. The zero-order valence-corrected chi connectivity index (χ0v) is 14.2. The van der Waals surface area contributed by atoms with Crippen LogP contribution in [0.25, 0.3) is 0 Å². The normalized spacial score (nSPS) is 10.4. The van der Waals surface area contributed by atoms with E-state index in [-0.39, 0.29) is 24.5 Å². The Morgan fingerprint density at radius 1 is 1.26 bits per heavy atom. The van der Waals surface area contributed by atoms with Crippen LogP contribution in [0.4, 0.5) is 5.13 Å². The number of anilines is 1. The molecule has 1 N–H and O–H groups in total. The third-order valence-corrected chi connectivity index (χ3v) is 4.23. The number of amides is 1. The summed E-state index contributed by atoms with van der Waals surface area (Å²) in [6.07, 6.45) is 0.987. The lowest BCUT2D eigenvalue weighted by Crippen LogP contribution is -2.13. The van der Waals surface area contributed by atoms with Crippen molar-refractivity contribution in [2.45, 2.75) is 33.1 Å². The van der Waals surface area contributed by atoms with Gasteiger partial charge in [-0.2, -0.15) is 0 Å². The average molecular weight is 333 g/mol. The number of ketones is 1. The second-order valence-electron chi connectivity index (χ2n) is 5.03. The van der Waals surface area contributed by atoms with Gasteiger partial charge in [-0.25, -0.2) is 0 Å². The maximum atomic E-state index is 12.3. The van der Waals surface area contributed by atoms with E-state index in [9.17, 15) is 9.59 Å². The summed E-state index contributed by atoms with van der Waals surface area (Å²) in [5.41, 5.74) is 1.48. The molecular weight excluding hydrogens is 314 g/mol. The summed E-state index contributed by atoms with van der Waals surface area (Å²) >= 11 is 1.34. The molecule has 0 fully saturated rings. The van der Waals surface area contributed by atoms with E-state index in [1.165, 1.54) is 18.4 Å². The Morgan fingerprint density at radius 3 is 2.70 bits per heavy atom. The van der Waals surface area contributed by atoms with Gasteiger partial charge in [0.25, 0.3) is 0 Å². The standard InChI is InChI=1S/C16H19N3O3S/c1-4-15-18-19-16(23-15)17-14(21)8-6-12(20)11-9-10(2)5-7-13(11)22-3/h5,7,9H,4,6,8H2,1-3H3,(H,17,19,21). The summed E-state index contributed by atoms with van der Waals surface area (Å²) in [4.78, 5) is 24.2. The molecule has 1 heterocycles. The third-order valence-electron chi connectivity index (χ3n) is 3.25. The van der Waals surface area contributed by atoms with Crippen LogP contribution in [-0.2, 0) is 11.2 Å². The van der Waals surface area contributed by atoms with Crippen molar-refractivity contribution in [3.63, 3.8) is 0 Å². The Kier molecular flexibility index (Phi) is 5.81. The number of hydrogen-bond donors (Lipinski definition) is 1. The van der Waals surface area contributed by atoms with Crippen LogP contribution in [0.1, 0.15) is 40.7 Å². The van der Waals surface area contributed by atoms with Gasteiger partial charge in [-0.3, -0.25) is 9.59 Å². The smallest absolute Gasteiger partial charge is 0.226 e. The first-order valence-corrected chi connectivity index (χ1v) is 8.15. The van der Waals surface area contributed by atoms with Gasteiger partial charge in [0.15, 0.2) is 5.78 Å². The van der Waals surface area contributed by atoms with E-state index in [2.05, 4.69) is 15.5 Å². The second kappa shape index (κ2) is 7.82. The number of carbonyl (C=O) groups excluding carboxylic acids is 2. The first kappa shape index (κ1) is 17.1. The van der Waals surface area contributed by atoms with E-state index in [0.29, 0.717) is 16.4 Å². The molecule has 0 saturated carbocycles. The van der Waals surface area contributed by atoms with Crippen molar-refractivity contribution in [3.05, 3.63) is 34.3 Å². The van der Waals surface area contributed by atoms with Gasteiger partial charge in [-0.1, -0.05) is 29.9 Å². The summed E-state index contributed by atoms with van der Waals surface area (Å²) in [6, 6.07) is 5.41. The SMILES string of the molecule is CCc1nnc(NC(=O)CCC(=O)c2cc(C)ccc2OC)s1. The largest absolute Gasteiger partial charge is 0.496 e. The van der Waals surface area contributed by atoms with Gasteiger partial charge in [-0.15, -0.1) is 10.2 Å². The van der Waals surface area contributed by atoms with Crippen LogP contribution in [0.5, 0.6) is 5.75 Å². The van der Waals surface area contributed by atoms with Gasteiger partial charge in [0.2, 0.25) is 11.0 Å². The lowest BCUT2D eigenvalue weighted by molar-refractivity contribution is -0.116. The van der Waals surface area contributed by atoms with Gasteiger partial charge in [-0.05, 0) is 25.5 Å². The number of benzene rings is 1. The molecule has 23 heavy (non-hydrogen) atoms. The molecule has 122 valence electrons. The number of aryl methyl sites for hydroxylation is 2. The number of methoxy groups -OCH3 is 1. The maximum Gasteiger partial charge on any atom is 0.226 e. The van der Waals surface area contributed by atoms with Crippen LogP contribution in [0.2, 0.25) is 0 Å². The van der Waals surface area contributed by atoms with Crippen molar-refractivity contribution >= 4 is 28.2 Å². The van der Waals surface area contributed by atoms with Crippen molar-refractivity contribution in [2.75, 3.05) is 12.4 Å². The minimum atomic E-state index is -0.247. The highest BCUT2D eigenvalue weighted by atomic mass is 32.1. The molecule has 7 heteroatoms. The van der Waals surface area contributed by atoms with Crippen molar-refractivity contribution < 1.29 is 14.3 Å². The number of carbonyl (C=O) groups is 2. The van der Waals surface area contributed by atoms with E-state index in [4.69, 9.17) is 4.74 Å². The highest BCUT2D eigenvalue weighted by Crippen LogP contribution is 2.22. The number of hydrogen-bond acceptors (Lipinski definition) is 6. The van der Waals surface area contributed by atoms with Crippen LogP contribution < -0.4 is 10.1 Å². The molecule has 2 aromatic rings. The molecular formula is C16H19N3O3S. The molecule has 2 rings (SSSR count). The molecule has 0 bridgehead atoms. The van der Waals surface area contributed by atoms with Crippen LogP contribution in [0.15, 0.2) is 18.2 Å². The van der Waals surface area contributed by atoms with Crippen LogP contribution >= 0.6 is 11.3 Å². The maximum absolute atomic E-state index is 12.3. The van der Waals surface area contributed by atoms with Crippen molar-refractivity contribution in [1.29, 1.82) is 0 Å². The fourth-order valence-corrected chi connectivity index (χ4v) is 2.73. The Morgan fingerprint density at radius 2 is 2.04 bits per heavy atom. The zero-order chi connectivity index (χ0) is 16.8. The Hall–Kier alpha value is -2.28. The zero-order valence-electron chi connectivity index (χ0n) is 13.4. The monoisotopic (exact) mass is 333 g/mol. The van der Waals surface area contributed by atoms with Gasteiger partial charge in [0.1, 0.15) is 10.8 Å². The van der Waals surface area contributed by atoms with Crippen molar-refractivity contribution in [3.8, 4) is 5.75 Å². The Bertz CT molecular complexity index is 712. The van der Waals surface area contributed by atoms with Gasteiger partial charge in [0.05, 0.1) is 12.7 Å². The predicted molar refractivity (Wildman–Crippen MR) is 89.2 cm³/mol. The molecule has 0 aliphatic heterocycles. The van der Waals surface area contributed by atoms with E-state index in [1.807, 2.05) is 19.9 Å². The number of aromatic nitrogens is 2. The average Bonchev–Trinajstić information content (AvgIpc) is 3.00. The molecule has 0 spiro atoms. The van der Waals surface area contributed by atoms with E-state index in [0.717, 1.165) is 17.0 Å². The van der Waals surface area contributed by atoms with E-state index >= 15 is 0 Å². The molecule has 1 amide bonds. The molecule has 6 nitrogen and oxygen atoms in total. The number of nitrogens with one attached hydrogen (secondary N) is 1. The van der Waals surface area contributed by atoms with E-state index < -0.39 is 0 Å². The minimum absolute atomic E-state index is 0.0942. The minimum Gasteiger partial charge on any atom is -0.496 e. The van der Waals surface area contributed by atoms with Crippen LogP contribution in [0.3, 0.4) is 0 Å². The molecule has 0 aliphatic carbocycles. The van der Waals surface area contributed by atoms with Crippen LogP contribution in [-0.4, -0.2) is 29.0 Å². The lowest BCUT2D eigenvalue weighted by Gasteiger charge is -2.08. The lowest BCUT2D eigenvalue weighted by atomic mass is 10.0. The van der Waals surface area contributed by atoms with Crippen molar-refractivity contribution in [1.82, 2.24) is 10.2 Å². The number of ether oxygens (including phenoxy) is 1. The van der Waals surface area contributed by atoms with Crippen molar-refractivity contribution in [2.24, 2.45) is 0 Å². The molecule has 0 saturated heterocycles. The predicted octanol–water partition coefficient (Wildman–Crippen LogP) is 3.02. The Balaban J connectivity index is 1.93. The topological polar surface area (TPSA) is 81.2 Å². The molecule has 1 aromatic heterocycles. The third kappa shape index (κ3) is 4.59. The fourth-order valence-electron chi connectivity index (χ4n) is 2.03. The quantitative estimate of drug-likeness (QED) is 0.788. The second-order valence-corrected chi connectivity index (χ2v) is 6.09. The molecule has 1 aromatic carbocycles. The molecule has 0 unspecified atom stereocenters. The van der Waals surface area contributed by atoms with Gasteiger partial charge >= 0.3 is 0 Å². The first-order valence-electron chi connectivity index (χ1n) is 7.33. The summed E-state index contributed by atoms with van der Waals surface area (Å²) in [7, 11) is 1.52. The molecule has 0 atom stereocenters. The Labute approximate surface area is 138 Å². The number of nitrogens with zero attached hydrogens (tertiary/aromatic N) is 2. The van der Waals surface area contributed by atoms with Gasteiger partial charge < -0.3 is 10.1 Å². The van der Waals surface area contributed by atoms with Crippen LogP contribution in [0, 0.1) is 6.92 Å². The summed E-state index contributed by atoms with van der Waals surface area (Å²) < 4.78 is 5.20. The molecule has 0 aliphatic rings. The highest BCUT2D eigenvalue weighted by Gasteiger charge is 2.15. The summed E-state index contributed by atoms with van der Waals surface area (Å²) in [6.45, 7) is 3.88. The van der Waals surface area contributed by atoms with Gasteiger partial charge in [0, 0.05) is 12.8 Å². The fraction of sp³-hybridized carbons (Fsp3) is 0.375.